The van der Waals surface area contributed by atoms with Crippen molar-refractivity contribution in [3.63, 3.8) is 0 Å². The van der Waals surface area contributed by atoms with E-state index in [2.05, 4.69) is 4.72 Å². The van der Waals surface area contributed by atoms with Crippen molar-refractivity contribution in [2.75, 3.05) is 6.54 Å². The standard InChI is InChI=1S/C13H14Cl2N2O3S/c14-11-7-12(15)13(6-9(11)8-16)21(18,19)17-4-3-10-2-1-5-20-10/h1-2,5-7,17H,3-4,8,16H2. The van der Waals surface area contributed by atoms with E-state index in [0.717, 1.165) is 0 Å². The van der Waals surface area contributed by atoms with Gasteiger partial charge in [-0.05, 0) is 29.8 Å². The molecule has 5 nitrogen and oxygen atoms in total. The normalized spacial score (nSPS) is 11.8. The molecule has 8 heteroatoms. The Labute approximate surface area is 133 Å². The third-order valence-electron chi connectivity index (χ3n) is 2.85. The second-order valence-corrected chi connectivity index (χ2v) is 6.86. The zero-order chi connectivity index (χ0) is 15.5. The summed E-state index contributed by atoms with van der Waals surface area (Å²) in [6.45, 7) is 0.331. The lowest BCUT2D eigenvalue weighted by atomic mass is 10.2. The molecule has 0 aliphatic heterocycles. The minimum absolute atomic E-state index is 0.0338. The van der Waals surface area contributed by atoms with E-state index >= 15 is 0 Å². The fraction of sp³-hybridized carbons (Fsp3) is 0.231. The molecule has 1 aromatic carbocycles. The summed E-state index contributed by atoms with van der Waals surface area (Å²) in [5.41, 5.74) is 6.04. The molecular weight excluding hydrogens is 335 g/mol. The first-order chi connectivity index (χ1) is 9.94. The first kappa shape index (κ1) is 16.3. The quantitative estimate of drug-likeness (QED) is 0.839. The van der Waals surface area contributed by atoms with E-state index in [4.69, 9.17) is 33.4 Å². The highest BCUT2D eigenvalue weighted by Crippen LogP contribution is 2.28. The number of rotatable bonds is 6. The predicted molar refractivity (Wildman–Crippen MR) is 82.0 cm³/mol. The Morgan fingerprint density at radius 1 is 1.24 bits per heavy atom. The van der Waals surface area contributed by atoms with Crippen LogP contribution in [0, 0.1) is 0 Å². The number of benzene rings is 1. The lowest BCUT2D eigenvalue weighted by molar-refractivity contribution is 0.506. The molecule has 0 unspecified atom stereocenters. The minimum Gasteiger partial charge on any atom is -0.469 e. The highest BCUT2D eigenvalue weighted by molar-refractivity contribution is 7.89. The van der Waals surface area contributed by atoms with Gasteiger partial charge in [-0.15, -0.1) is 0 Å². The number of furan rings is 1. The van der Waals surface area contributed by atoms with Crippen LogP contribution in [0.5, 0.6) is 0 Å². The Kier molecular flexibility index (Phi) is 5.29. The number of hydrogen-bond donors (Lipinski definition) is 2. The second kappa shape index (κ2) is 6.81. The fourth-order valence-corrected chi connectivity index (χ4v) is 3.68. The van der Waals surface area contributed by atoms with Crippen molar-refractivity contribution in [1.29, 1.82) is 0 Å². The van der Waals surface area contributed by atoms with Crippen LogP contribution in [0.3, 0.4) is 0 Å². The summed E-state index contributed by atoms with van der Waals surface area (Å²) in [5, 5.41) is 0.403. The Balaban J connectivity index is 2.15. The molecule has 2 rings (SSSR count). The highest BCUT2D eigenvalue weighted by atomic mass is 35.5. The summed E-state index contributed by atoms with van der Waals surface area (Å²) in [4.78, 5) is -0.0338. The highest BCUT2D eigenvalue weighted by Gasteiger charge is 2.19. The molecule has 0 amide bonds. The van der Waals surface area contributed by atoms with Gasteiger partial charge >= 0.3 is 0 Å². The molecule has 0 aliphatic rings. The fourth-order valence-electron chi connectivity index (χ4n) is 1.77. The summed E-state index contributed by atoms with van der Waals surface area (Å²) in [6.07, 6.45) is 1.98. The lowest BCUT2D eigenvalue weighted by Crippen LogP contribution is -2.26. The van der Waals surface area contributed by atoms with E-state index in [9.17, 15) is 8.42 Å². The maximum Gasteiger partial charge on any atom is 0.242 e. The molecule has 2 aromatic rings. The molecule has 0 bridgehead atoms. The van der Waals surface area contributed by atoms with Crippen molar-refractivity contribution >= 4 is 33.2 Å². The average Bonchev–Trinajstić information content (AvgIpc) is 2.91. The van der Waals surface area contributed by atoms with Crippen LogP contribution in [-0.4, -0.2) is 15.0 Å². The summed E-state index contributed by atoms with van der Waals surface area (Å²) in [7, 11) is -3.73. The van der Waals surface area contributed by atoms with Gasteiger partial charge in [-0.3, -0.25) is 0 Å². The number of halogens is 2. The molecule has 0 radical (unpaired) electrons. The van der Waals surface area contributed by atoms with Gasteiger partial charge in [0.2, 0.25) is 10.0 Å². The zero-order valence-corrected chi connectivity index (χ0v) is 13.3. The molecule has 21 heavy (non-hydrogen) atoms. The maximum absolute atomic E-state index is 12.3. The Bertz CT molecular complexity index is 715. The predicted octanol–water partition coefficient (Wildman–Crippen LogP) is 2.57. The number of nitrogens with one attached hydrogen (secondary N) is 1. The van der Waals surface area contributed by atoms with E-state index in [1.165, 1.54) is 18.4 Å². The molecule has 3 N–H and O–H groups in total. The first-order valence-corrected chi connectivity index (χ1v) is 8.38. The third-order valence-corrected chi connectivity index (χ3v) is 5.13. The van der Waals surface area contributed by atoms with E-state index in [0.29, 0.717) is 22.8 Å². The monoisotopic (exact) mass is 348 g/mol. The van der Waals surface area contributed by atoms with Crippen molar-refractivity contribution < 1.29 is 12.8 Å². The smallest absolute Gasteiger partial charge is 0.242 e. The summed E-state index contributed by atoms with van der Waals surface area (Å²) >= 11 is 11.9. The van der Waals surface area contributed by atoms with Crippen LogP contribution < -0.4 is 10.5 Å². The Morgan fingerprint density at radius 3 is 2.62 bits per heavy atom. The molecule has 0 spiro atoms. The van der Waals surface area contributed by atoms with Gasteiger partial charge in [-0.2, -0.15) is 0 Å². The third kappa shape index (κ3) is 3.99. The SMILES string of the molecule is NCc1cc(S(=O)(=O)NCCc2ccco2)c(Cl)cc1Cl. The number of sulfonamides is 1. The van der Waals surface area contributed by atoms with Crippen LogP contribution in [0.4, 0.5) is 0 Å². The molecule has 1 heterocycles. The topological polar surface area (TPSA) is 85.3 Å². The van der Waals surface area contributed by atoms with E-state index in [1.54, 1.807) is 12.1 Å². The van der Waals surface area contributed by atoms with Crippen molar-refractivity contribution in [2.24, 2.45) is 5.73 Å². The van der Waals surface area contributed by atoms with Gasteiger partial charge in [-0.1, -0.05) is 23.2 Å². The van der Waals surface area contributed by atoms with Crippen LogP contribution >= 0.6 is 23.2 Å². The molecule has 114 valence electrons. The van der Waals surface area contributed by atoms with Gasteiger partial charge in [0.05, 0.1) is 11.3 Å². The van der Waals surface area contributed by atoms with E-state index in [-0.39, 0.29) is 23.0 Å². The van der Waals surface area contributed by atoms with Crippen LogP contribution in [-0.2, 0) is 23.0 Å². The molecular formula is C13H14Cl2N2O3S. The van der Waals surface area contributed by atoms with E-state index in [1.807, 2.05) is 0 Å². The molecule has 0 atom stereocenters. The van der Waals surface area contributed by atoms with Crippen molar-refractivity contribution in [2.45, 2.75) is 17.9 Å². The average molecular weight is 349 g/mol. The largest absolute Gasteiger partial charge is 0.469 e. The maximum atomic E-state index is 12.3. The van der Waals surface area contributed by atoms with Gasteiger partial charge < -0.3 is 10.2 Å². The molecule has 0 saturated carbocycles. The summed E-state index contributed by atoms with van der Waals surface area (Å²) < 4.78 is 32.1. The van der Waals surface area contributed by atoms with Crippen LogP contribution in [0.2, 0.25) is 10.0 Å². The van der Waals surface area contributed by atoms with Crippen LogP contribution in [0.25, 0.3) is 0 Å². The summed E-state index contributed by atoms with van der Waals surface area (Å²) in [5.74, 6) is 0.697. The molecule has 1 aromatic heterocycles. The van der Waals surface area contributed by atoms with Crippen molar-refractivity contribution in [1.82, 2.24) is 4.72 Å². The Hall–Kier alpha value is -1.05. The number of nitrogens with two attached hydrogens (primary N) is 1. The second-order valence-electron chi connectivity index (χ2n) is 4.31. The lowest BCUT2D eigenvalue weighted by Gasteiger charge is -2.10. The molecule has 0 aliphatic carbocycles. The van der Waals surface area contributed by atoms with Gasteiger partial charge in [0.1, 0.15) is 10.7 Å². The minimum atomic E-state index is -3.73. The van der Waals surface area contributed by atoms with Gasteiger partial charge in [0.15, 0.2) is 0 Å². The van der Waals surface area contributed by atoms with Gasteiger partial charge in [0.25, 0.3) is 0 Å². The first-order valence-electron chi connectivity index (χ1n) is 6.14. The summed E-state index contributed by atoms with van der Waals surface area (Å²) in [6, 6.07) is 6.29. The van der Waals surface area contributed by atoms with Crippen molar-refractivity contribution in [3.8, 4) is 0 Å². The molecule has 0 fully saturated rings. The van der Waals surface area contributed by atoms with Crippen LogP contribution in [0.1, 0.15) is 11.3 Å². The van der Waals surface area contributed by atoms with E-state index < -0.39 is 10.0 Å². The van der Waals surface area contributed by atoms with Crippen LogP contribution in [0.15, 0.2) is 39.8 Å². The number of hydrogen-bond acceptors (Lipinski definition) is 4. The van der Waals surface area contributed by atoms with Gasteiger partial charge in [-0.25, -0.2) is 13.1 Å². The Morgan fingerprint density at radius 2 is 2.00 bits per heavy atom. The van der Waals surface area contributed by atoms with Gasteiger partial charge in [0, 0.05) is 24.5 Å². The van der Waals surface area contributed by atoms with Crippen molar-refractivity contribution in [3.05, 3.63) is 51.9 Å². The zero-order valence-electron chi connectivity index (χ0n) is 11.0. The molecule has 0 saturated heterocycles.